The molecule has 2 aromatic heterocycles. The third-order valence-electron chi connectivity index (χ3n) is 3.64. The summed E-state index contributed by atoms with van der Waals surface area (Å²) in [5, 5.41) is 36.0. The van der Waals surface area contributed by atoms with Crippen LogP contribution in [-0.4, -0.2) is 15.1 Å². The molecule has 0 atom stereocenters. The monoisotopic (exact) mass is 380 g/mol. The maximum Gasteiger partial charge on any atom is 0.270 e. The zero-order valence-corrected chi connectivity index (χ0v) is 14.2. The molecule has 3 rings (SSSR count). The number of halogens is 1. The van der Waals surface area contributed by atoms with E-state index in [1.807, 2.05) is 12.1 Å². The number of aromatic amines is 1. The van der Waals surface area contributed by atoms with E-state index in [0.717, 1.165) is 0 Å². The van der Waals surface area contributed by atoms with Crippen LogP contribution in [0.2, 0.25) is 5.02 Å². The van der Waals surface area contributed by atoms with E-state index in [9.17, 15) is 15.4 Å². The number of non-ortho nitro benzene ring substituents is 1. The lowest BCUT2D eigenvalue weighted by atomic mass is 10.1. The maximum atomic E-state index is 10.9. The lowest BCUT2D eigenvalue weighted by Crippen LogP contribution is -1.89. The number of benzene rings is 1. The van der Waals surface area contributed by atoms with Crippen LogP contribution in [-0.2, 0) is 0 Å². The Hall–Kier alpha value is -4.08. The van der Waals surface area contributed by atoms with E-state index in [2.05, 4.69) is 10.2 Å². The van der Waals surface area contributed by atoms with Crippen molar-refractivity contribution in [1.29, 1.82) is 10.5 Å². The highest BCUT2D eigenvalue weighted by Crippen LogP contribution is 2.33. The van der Waals surface area contributed by atoms with Crippen molar-refractivity contribution >= 4 is 34.8 Å². The second kappa shape index (κ2) is 7.04. The van der Waals surface area contributed by atoms with Gasteiger partial charge in [0.1, 0.15) is 29.2 Å². The van der Waals surface area contributed by atoms with Crippen molar-refractivity contribution in [1.82, 2.24) is 10.2 Å². The number of hydrogen-bond donors (Lipinski definition) is 2. The molecule has 0 saturated heterocycles. The molecule has 1 aromatic carbocycles. The van der Waals surface area contributed by atoms with Gasteiger partial charge in [-0.15, -0.1) is 0 Å². The molecule has 9 nitrogen and oxygen atoms in total. The number of nitrogen functional groups attached to an aromatic ring is 1. The van der Waals surface area contributed by atoms with Crippen molar-refractivity contribution in [2.75, 3.05) is 5.73 Å². The van der Waals surface area contributed by atoms with Gasteiger partial charge in [0.05, 0.1) is 21.2 Å². The Morgan fingerprint density at radius 3 is 2.81 bits per heavy atom. The molecular formula is C17H9ClN6O3. The molecule has 0 bridgehead atoms. The predicted molar refractivity (Wildman–Crippen MR) is 97.0 cm³/mol. The van der Waals surface area contributed by atoms with Crippen molar-refractivity contribution in [2.24, 2.45) is 0 Å². The second-order valence-corrected chi connectivity index (χ2v) is 5.67. The van der Waals surface area contributed by atoms with Crippen molar-refractivity contribution < 1.29 is 9.34 Å². The van der Waals surface area contributed by atoms with Crippen molar-refractivity contribution in [3.8, 4) is 23.5 Å². The van der Waals surface area contributed by atoms with Crippen LogP contribution >= 0.6 is 11.6 Å². The summed E-state index contributed by atoms with van der Waals surface area (Å²) in [4.78, 5) is 10.4. The Kier molecular flexibility index (Phi) is 4.62. The molecule has 0 unspecified atom stereocenters. The van der Waals surface area contributed by atoms with Crippen LogP contribution in [0.1, 0.15) is 17.0 Å². The molecule has 10 heteroatoms. The van der Waals surface area contributed by atoms with Crippen LogP contribution in [0.15, 0.2) is 34.7 Å². The first-order chi connectivity index (χ1) is 12.9. The van der Waals surface area contributed by atoms with E-state index in [1.54, 1.807) is 12.1 Å². The van der Waals surface area contributed by atoms with Gasteiger partial charge in [-0.1, -0.05) is 11.6 Å². The smallest absolute Gasteiger partial charge is 0.270 e. The lowest BCUT2D eigenvalue weighted by Gasteiger charge is -2.01. The van der Waals surface area contributed by atoms with Gasteiger partial charge in [0.25, 0.3) is 5.69 Å². The molecule has 0 aliphatic carbocycles. The van der Waals surface area contributed by atoms with Gasteiger partial charge < -0.3 is 10.2 Å². The predicted octanol–water partition coefficient (Wildman–Crippen LogP) is 3.75. The molecule has 2 heterocycles. The van der Waals surface area contributed by atoms with Crippen molar-refractivity contribution in [3.63, 3.8) is 0 Å². The summed E-state index contributed by atoms with van der Waals surface area (Å²) in [6, 6.07) is 10.9. The van der Waals surface area contributed by atoms with Crippen LogP contribution in [0.3, 0.4) is 0 Å². The number of anilines is 1. The average Bonchev–Trinajstić information content (AvgIpc) is 3.26. The molecular weight excluding hydrogens is 372 g/mol. The first-order valence-electron chi connectivity index (χ1n) is 7.35. The quantitative estimate of drug-likeness (QED) is 0.396. The third-order valence-corrected chi connectivity index (χ3v) is 3.97. The van der Waals surface area contributed by atoms with Gasteiger partial charge in [0, 0.05) is 23.8 Å². The summed E-state index contributed by atoms with van der Waals surface area (Å²) >= 11 is 6.10. The summed E-state index contributed by atoms with van der Waals surface area (Å²) in [5.74, 6) is 0.551. The molecule has 3 N–H and O–H groups in total. The van der Waals surface area contributed by atoms with E-state index < -0.39 is 4.92 Å². The van der Waals surface area contributed by atoms with Gasteiger partial charge in [-0.2, -0.15) is 15.6 Å². The van der Waals surface area contributed by atoms with Gasteiger partial charge >= 0.3 is 0 Å². The fourth-order valence-corrected chi connectivity index (χ4v) is 2.57. The van der Waals surface area contributed by atoms with Crippen LogP contribution in [0.4, 0.5) is 11.5 Å². The van der Waals surface area contributed by atoms with E-state index in [1.165, 1.54) is 24.3 Å². The molecule has 0 aliphatic heterocycles. The fourth-order valence-electron chi connectivity index (χ4n) is 2.36. The van der Waals surface area contributed by atoms with Gasteiger partial charge in [-0.05, 0) is 18.2 Å². The minimum absolute atomic E-state index is 0.0165. The molecule has 27 heavy (non-hydrogen) atoms. The average molecular weight is 381 g/mol. The van der Waals surface area contributed by atoms with E-state index in [-0.39, 0.29) is 44.9 Å². The minimum Gasteiger partial charge on any atom is -0.457 e. The van der Waals surface area contributed by atoms with E-state index >= 15 is 0 Å². The molecule has 0 amide bonds. The molecule has 0 spiro atoms. The van der Waals surface area contributed by atoms with Crippen LogP contribution < -0.4 is 5.73 Å². The molecule has 0 saturated carbocycles. The van der Waals surface area contributed by atoms with Gasteiger partial charge in [0.15, 0.2) is 5.82 Å². The SMILES string of the molecule is N#CC(=Cc1ccc(-c2cc([N+](=O)[O-])ccc2Cl)o1)c1[nH]nc(N)c1C#N. The number of furan rings is 1. The normalized spacial score (nSPS) is 11.0. The molecule has 0 fully saturated rings. The zero-order chi connectivity index (χ0) is 19.6. The highest BCUT2D eigenvalue weighted by atomic mass is 35.5. The van der Waals surface area contributed by atoms with Gasteiger partial charge in [-0.3, -0.25) is 15.2 Å². The largest absolute Gasteiger partial charge is 0.457 e. The summed E-state index contributed by atoms with van der Waals surface area (Å²) in [6.07, 6.45) is 1.39. The Balaban J connectivity index is 2.02. The molecule has 3 aromatic rings. The number of H-pyrrole nitrogens is 1. The Morgan fingerprint density at radius 2 is 2.15 bits per heavy atom. The first kappa shape index (κ1) is 17.7. The van der Waals surface area contributed by atoms with Crippen LogP contribution in [0, 0.1) is 32.8 Å². The number of hydrogen-bond acceptors (Lipinski definition) is 7. The van der Waals surface area contributed by atoms with Gasteiger partial charge in [-0.25, -0.2) is 0 Å². The minimum atomic E-state index is -0.538. The first-order valence-corrected chi connectivity index (χ1v) is 7.72. The summed E-state index contributed by atoms with van der Waals surface area (Å²) in [5.41, 5.74) is 6.09. The lowest BCUT2D eigenvalue weighted by molar-refractivity contribution is -0.384. The van der Waals surface area contributed by atoms with E-state index in [4.69, 9.17) is 27.0 Å². The van der Waals surface area contributed by atoms with E-state index in [0.29, 0.717) is 5.56 Å². The van der Waals surface area contributed by atoms with Crippen LogP contribution in [0.25, 0.3) is 23.0 Å². The second-order valence-electron chi connectivity index (χ2n) is 5.26. The number of nitrogens with two attached hydrogens (primary N) is 1. The number of rotatable bonds is 4. The fraction of sp³-hybridized carbons (Fsp3) is 0. The summed E-state index contributed by atoms with van der Waals surface area (Å²) in [6.45, 7) is 0. The zero-order valence-electron chi connectivity index (χ0n) is 13.4. The number of nitriles is 2. The highest BCUT2D eigenvalue weighted by molar-refractivity contribution is 6.33. The van der Waals surface area contributed by atoms with Crippen LogP contribution in [0.5, 0.6) is 0 Å². The van der Waals surface area contributed by atoms with Crippen molar-refractivity contribution in [3.05, 3.63) is 62.5 Å². The highest BCUT2D eigenvalue weighted by Gasteiger charge is 2.17. The third kappa shape index (κ3) is 3.35. The molecule has 132 valence electrons. The summed E-state index contributed by atoms with van der Waals surface area (Å²) < 4.78 is 5.64. The van der Waals surface area contributed by atoms with Gasteiger partial charge in [0.2, 0.25) is 0 Å². The summed E-state index contributed by atoms with van der Waals surface area (Å²) in [7, 11) is 0. The number of nitrogens with zero attached hydrogens (tertiary/aromatic N) is 4. The Morgan fingerprint density at radius 1 is 1.37 bits per heavy atom. The number of nitro groups is 1. The topological polar surface area (TPSA) is 159 Å². The molecule has 0 aliphatic rings. The Labute approximate surface area is 157 Å². The maximum absolute atomic E-state index is 10.9. The standard InChI is InChI=1S/C17H9ClN6O3/c18-14-3-1-10(24(25)26)6-12(14)15-4-2-11(27-15)5-9(7-19)16-13(8-20)17(21)23-22-16/h1-6H,(H3,21,22,23). The number of nitro benzene ring substituents is 1. The number of allylic oxidation sites excluding steroid dienone is 1. The molecule has 0 radical (unpaired) electrons. The van der Waals surface area contributed by atoms with Crippen molar-refractivity contribution in [2.45, 2.75) is 0 Å². The number of nitrogens with one attached hydrogen (secondary N) is 1. The Bertz CT molecular complexity index is 1160. The number of aromatic nitrogens is 2.